The quantitative estimate of drug-likeness (QED) is 0.558. The highest BCUT2D eigenvalue weighted by molar-refractivity contribution is 7.99. The molecule has 0 atom stereocenters. The number of aryl methyl sites for hydroxylation is 2. The number of carbonyl (C=O) groups is 1. The van der Waals surface area contributed by atoms with Gasteiger partial charge in [0.05, 0.1) is 7.11 Å². The number of hydrogen-bond donors (Lipinski definition) is 1. The number of methoxy groups -OCH3 is 1. The van der Waals surface area contributed by atoms with Crippen LogP contribution in [0.3, 0.4) is 0 Å². The molecule has 0 aliphatic rings. The Morgan fingerprint density at radius 2 is 1.81 bits per heavy atom. The number of thioether (sulfide) groups is 1. The lowest BCUT2D eigenvalue weighted by molar-refractivity contribution is -0.121. The summed E-state index contributed by atoms with van der Waals surface area (Å²) in [6.45, 7) is 3.92. The number of hydrogen-bond acceptors (Lipinski definition) is 5. The maximum atomic E-state index is 12.4. The van der Waals surface area contributed by atoms with Crippen molar-refractivity contribution >= 4 is 17.7 Å². The van der Waals surface area contributed by atoms with Crippen molar-refractivity contribution in [1.29, 1.82) is 0 Å². The monoisotopic (exact) mass is 381 g/mol. The lowest BCUT2D eigenvalue weighted by atomic mass is 10.1. The first-order valence-corrected chi connectivity index (χ1v) is 8.95. The van der Waals surface area contributed by atoms with Gasteiger partial charge in [-0.25, -0.2) is 9.97 Å². The third-order valence-corrected chi connectivity index (χ3v) is 4.42. The molecular formula is C18H21F2N3O2S. The second-order valence-corrected chi connectivity index (χ2v) is 6.62. The molecule has 140 valence electrons. The second-order valence-electron chi connectivity index (χ2n) is 5.66. The van der Waals surface area contributed by atoms with Gasteiger partial charge in [-0.15, -0.1) is 0 Å². The molecule has 8 heteroatoms. The number of nitrogens with zero attached hydrogens (tertiary/aromatic N) is 2. The number of aromatic nitrogens is 2. The molecule has 0 radical (unpaired) electrons. The van der Waals surface area contributed by atoms with Crippen LogP contribution in [0.1, 0.15) is 28.9 Å². The van der Waals surface area contributed by atoms with Crippen LogP contribution in [0, 0.1) is 13.8 Å². The third kappa shape index (κ3) is 5.94. The van der Waals surface area contributed by atoms with Gasteiger partial charge in [-0.3, -0.25) is 4.79 Å². The van der Waals surface area contributed by atoms with Crippen molar-refractivity contribution in [3.8, 4) is 5.75 Å². The van der Waals surface area contributed by atoms with Crippen LogP contribution in [0.4, 0.5) is 8.78 Å². The fourth-order valence-corrected chi connectivity index (χ4v) is 3.01. The summed E-state index contributed by atoms with van der Waals surface area (Å²) >= 11 is 0.324. The van der Waals surface area contributed by atoms with Gasteiger partial charge in [0.1, 0.15) is 5.75 Å². The Morgan fingerprint density at radius 3 is 2.35 bits per heavy atom. The Bertz CT molecular complexity index is 732. The summed E-state index contributed by atoms with van der Waals surface area (Å²) in [5.41, 5.74) is 3.05. The smallest absolute Gasteiger partial charge is 0.291 e. The van der Waals surface area contributed by atoms with Gasteiger partial charge in [-0.1, -0.05) is 12.1 Å². The highest BCUT2D eigenvalue weighted by Crippen LogP contribution is 2.24. The van der Waals surface area contributed by atoms with Gasteiger partial charge in [-0.2, -0.15) is 8.78 Å². The maximum absolute atomic E-state index is 12.4. The average Bonchev–Trinajstić information content (AvgIpc) is 2.59. The Hall–Kier alpha value is -2.22. The van der Waals surface area contributed by atoms with Crippen molar-refractivity contribution in [2.75, 3.05) is 7.11 Å². The van der Waals surface area contributed by atoms with Crippen LogP contribution in [0.2, 0.25) is 0 Å². The molecule has 1 aromatic heterocycles. The van der Waals surface area contributed by atoms with Crippen LogP contribution in [-0.2, 0) is 17.8 Å². The van der Waals surface area contributed by atoms with Gasteiger partial charge >= 0.3 is 0 Å². The summed E-state index contributed by atoms with van der Waals surface area (Å²) in [7, 11) is 1.60. The van der Waals surface area contributed by atoms with Crippen molar-refractivity contribution in [2.45, 2.75) is 44.1 Å². The van der Waals surface area contributed by atoms with Gasteiger partial charge in [0.15, 0.2) is 5.16 Å². The Morgan fingerprint density at radius 1 is 1.19 bits per heavy atom. The van der Waals surface area contributed by atoms with E-state index in [2.05, 4.69) is 15.3 Å². The molecule has 1 heterocycles. The van der Waals surface area contributed by atoms with E-state index in [9.17, 15) is 13.6 Å². The van der Waals surface area contributed by atoms with E-state index in [-0.39, 0.29) is 17.5 Å². The van der Waals surface area contributed by atoms with Crippen LogP contribution >= 0.6 is 11.8 Å². The standard InChI is InChI=1S/C18H21F2N3O2S/c1-11-15(12(2)23-18(22-11)26-17(19)20)8-9-16(24)21-10-13-4-6-14(25-3)7-5-13/h4-7,17H,8-10H2,1-3H3,(H,21,24). The maximum Gasteiger partial charge on any atom is 0.291 e. The third-order valence-electron chi connectivity index (χ3n) is 3.85. The van der Waals surface area contributed by atoms with Crippen LogP contribution in [0.5, 0.6) is 5.75 Å². The lowest BCUT2D eigenvalue weighted by Gasteiger charge is -2.11. The van der Waals surface area contributed by atoms with Crippen LogP contribution < -0.4 is 10.1 Å². The van der Waals surface area contributed by atoms with Gasteiger partial charge in [0, 0.05) is 24.4 Å². The minimum atomic E-state index is -2.55. The van der Waals surface area contributed by atoms with Crippen LogP contribution in [-0.4, -0.2) is 28.7 Å². The molecule has 0 aliphatic carbocycles. The zero-order valence-corrected chi connectivity index (χ0v) is 15.7. The summed E-state index contributed by atoms with van der Waals surface area (Å²) in [4.78, 5) is 20.2. The molecular weight excluding hydrogens is 360 g/mol. The van der Waals surface area contributed by atoms with E-state index in [1.54, 1.807) is 21.0 Å². The molecule has 5 nitrogen and oxygen atoms in total. The molecule has 0 aliphatic heterocycles. The van der Waals surface area contributed by atoms with E-state index < -0.39 is 5.76 Å². The number of benzene rings is 1. The molecule has 1 aromatic carbocycles. The summed E-state index contributed by atoms with van der Waals surface area (Å²) in [6.07, 6.45) is 0.744. The van der Waals surface area contributed by atoms with Crippen LogP contribution in [0.15, 0.2) is 29.4 Å². The van der Waals surface area contributed by atoms with Gasteiger partial charge < -0.3 is 10.1 Å². The minimum Gasteiger partial charge on any atom is -0.497 e. The van der Waals surface area contributed by atoms with Crippen molar-refractivity contribution in [3.05, 3.63) is 46.8 Å². The molecule has 0 fully saturated rings. The zero-order chi connectivity index (χ0) is 19.1. The topological polar surface area (TPSA) is 64.1 Å². The number of alkyl halides is 2. The van der Waals surface area contributed by atoms with Gasteiger partial charge in [0.25, 0.3) is 5.76 Å². The molecule has 26 heavy (non-hydrogen) atoms. The first kappa shape index (κ1) is 20.1. The number of amides is 1. The van der Waals surface area contributed by atoms with E-state index in [1.165, 1.54) is 0 Å². The SMILES string of the molecule is COc1ccc(CNC(=O)CCc2c(C)nc(SC(F)F)nc2C)cc1. The predicted molar refractivity (Wildman–Crippen MR) is 96.5 cm³/mol. The van der Waals surface area contributed by atoms with Crippen LogP contribution in [0.25, 0.3) is 0 Å². The molecule has 0 bridgehead atoms. The summed E-state index contributed by atoms with van der Waals surface area (Å²) in [6, 6.07) is 7.45. The predicted octanol–water partition coefficient (Wildman–Crippen LogP) is 3.67. The highest BCUT2D eigenvalue weighted by atomic mass is 32.2. The Labute approximate surface area is 155 Å². The number of ether oxygens (including phenoxy) is 1. The molecule has 1 amide bonds. The first-order valence-electron chi connectivity index (χ1n) is 8.07. The van der Waals surface area contributed by atoms with Crippen molar-refractivity contribution in [3.63, 3.8) is 0 Å². The molecule has 1 N–H and O–H groups in total. The van der Waals surface area contributed by atoms with Crippen molar-refractivity contribution in [2.24, 2.45) is 0 Å². The van der Waals surface area contributed by atoms with E-state index in [0.29, 0.717) is 36.1 Å². The average molecular weight is 381 g/mol. The minimum absolute atomic E-state index is 0.0581. The Kier molecular flexibility index (Phi) is 7.32. The van der Waals surface area contributed by atoms with E-state index in [4.69, 9.17) is 4.74 Å². The molecule has 0 unspecified atom stereocenters. The highest BCUT2D eigenvalue weighted by Gasteiger charge is 2.14. The fourth-order valence-electron chi connectivity index (χ4n) is 2.47. The zero-order valence-electron chi connectivity index (χ0n) is 14.9. The van der Waals surface area contributed by atoms with E-state index in [1.807, 2.05) is 24.3 Å². The largest absolute Gasteiger partial charge is 0.497 e. The molecule has 0 spiro atoms. The number of rotatable bonds is 8. The number of nitrogens with one attached hydrogen (secondary N) is 1. The summed E-state index contributed by atoms with van der Waals surface area (Å²) in [5, 5.41) is 2.92. The van der Waals surface area contributed by atoms with E-state index >= 15 is 0 Å². The van der Waals surface area contributed by atoms with Crippen molar-refractivity contribution < 1.29 is 18.3 Å². The van der Waals surface area contributed by atoms with E-state index in [0.717, 1.165) is 16.9 Å². The molecule has 2 rings (SSSR count). The van der Waals surface area contributed by atoms with Gasteiger partial charge in [0.2, 0.25) is 5.91 Å². The summed E-state index contributed by atoms with van der Waals surface area (Å²) in [5.74, 6) is -1.88. The summed E-state index contributed by atoms with van der Waals surface area (Å²) < 4.78 is 29.9. The molecule has 2 aromatic rings. The number of carbonyl (C=O) groups excluding carboxylic acids is 1. The normalized spacial score (nSPS) is 10.8. The number of halogens is 2. The van der Waals surface area contributed by atoms with Crippen molar-refractivity contribution in [1.82, 2.24) is 15.3 Å². The van der Waals surface area contributed by atoms with Gasteiger partial charge in [-0.05, 0) is 55.3 Å². The fraction of sp³-hybridized carbons (Fsp3) is 0.389. The Balaban J connectivity index is 1.88. The molecule has 0 saturated carbocycles. The second kappa shape index (κ2) is 9.47. The lowest BCUT2D eigenvalue weighted by Crippen LogP contribution is -2.23. The first-order chi connectivity index (χ1) is 12.4. The molecule has 0 saturated heterocycles.